The molecule has 0 saturated heterocycles. The summed E-state index contributed by atoms with van der Waals surface area (Å²) in [6, 6.07) is 12.9. The van der Waals surface area contributed by atoms with Crippen molar-refractivity contribution in [2.24, 2.45) is 5.73 Å². The second-order valence-corrected chi connectivity index (χ2v) is 5.63. The van der Waals surface area contributed by atoms with Crippen molar-refractivity contribution >= 4 is 11.8 Å². The van der Waals surface area contributed by atoms with Crippen LogP contribution in [0.15, 0.2) is 47.3 Å². The molecular weight excluding hydrogens is 306 g/mol. The van der Waals surface area contributed by atoms with Gasteiger partial charge in [0.2, 0.25) is 5.91 Å². The van der Waals surface area contributed by atoms with Gasteiger partial charge in [-0.1, -0.05) is 30.3 Å². The number of amides is 2. The molecule has 6 nitrogen and oxygen atoms in total. The van der Waals surface area contributed by atoms with Crippen LogP contribution in [-0.4, -0.2) is 34.8 Å². The Balaban J connectivity index is 2.16. The number of hydrogen-bond donors (Lipinski definition) is 2. The van der Waals surface area contributed by atoms with Crippen LogP contribution in [0.4, 0.5) is 0 Å². The van der Waals surface area contributed by atoms with Crippen LogP contribution in [0.2, 0.25) is 0 Å². The van der Waals surface area contributed by atoms with Crippen molar-refractivity contribution in [2.45, 2.75) is 19.8 Å². The third-order valence-electron chi connectivity index (χ3n) is 3.71. The highest BCUT2D eigenvalue weighted by atomic mass is 16.2. The molecule has 3 N–H and O–H groups in total. The largest absolute Gasteiger partial charge is 0.370 e. The average molecular weight is 327 g/mol. The fraction of sp³-hybridized carbons (Fsp3) is 0.278. The van der Waals surface area contributed by atoms with Gasteiger partial charge in [0.05, 0.1) is 0 Å². The molecule has 1 aromatic heterocycles. The Kier molecular flexibility index (Phi) is 5.89. The molecule has 0 aliphatic rings. The summed E-state index contributed by atoms with van der Waals surface area (Å²) in [7, 11) is 0. The summed E-state index contributed by atoms with van der Waals surface area (Å²) in [6.45, 7) is 2.34. The summed E-state index contributed by atoms with van der Waals surface area (Å²) in [5, 5.41) is 0. The molecule has 1 aromatic carbocycles. The van der Waals surface area contributed by atoms with Gasteiger partial charge < -0.3 is 15.6 Å². The van der Waals surface area contributed by atoms with Gasteiger partial charge in [0.1, 0.15) is 5.56 Å². The first-order chi connectivity index (χ1) is 11.5. The molecule has 0 radical (unpaired) electrons. The number of aromatic amines is 1. The monoisotopic (exact) mass is 327 g/mol. The van der Waals surface area contributed by atoms with Gasteiger partial charge in [0.25, 0.3) is 11.5 Å². The van der Waals surface area contributed by atoms with E-state index in [0.29, 0.717) is 18.7 Å². The van der Waals surface area contributed by atoms with Crippen LogP contribution >= 0.6 is 0 Å². The molecule has 0 unspecified atom stereocenters. The lowest BCUT2D eigenvalue weighted by molar-refractivity contribution is -0.118. The average Bonchev–Trinajstić information content (AvgIpc) is 2.55. The number of rotatable bonds is 7. The third-order valence-corrected chi connectivity index (χ3v) is 3.71. The molecule has 1 heterocycles. The summed E-state index contributed by atoms with van der Waals surface area (Å²) in [4.78, 5) is 39.8. The minimum Gasteiger partial charge on any atom is -0.370 e. The molecule has 6 heteroatoms. The quantitative estimate of drug-likeness (QED) is 0.801. The maximum atomic E-state index is 12.7. The van der Waals surface area contributed by atoms with Gasteiger partial charge in [-0.2, -0.15) is 0 Å². The summed E-state index contributed by atoms with van der Waals surface area (Å²) < 4.78 is 0. The predicted octanol–water partition coefficient (Wildman–Crippen LogP) is 1.24. The van der Waals surface area contributed by atoms with Crippen LogP contribution in [0.25, 0.3) is 0 Å². The Morgan fingerprint density at radius 3 is 2.42 bits per heavy atom. The van der Waals surface area contributed by atoms with Gasteiger partial charge >= 0.3 is 0 Å². The Morgan fingerprint density at radius 2 is 1.79 bits per heavy atom. The minimum absolute atomic E-state index is 0.0598. The molecule has 0 fully saturated rings. The zero-order valence-corrected chi connectivity index (χ0v) is 13.6. The lowest BCUT2D eigenvalue weighted by atomic mass is 10.1. The SMILES string of the molecule is Cc1ccc(C(=O)N(CCC(N)=O)CCc2ccccc2)c(=O)[nH]1. The number of nitrogens with one attached hydrogen (secondary N) is 1. The van der Waals surface area contributed by atoms with Gasteiger partial charge in [-0.25, -0.2) is 0 Å². The molecule has 126 valence electrons. The van der Waals surface area contributed by atoms with Crippen LogP contribution in [0.5, 0.6) is 0 Å². The smallest absolute Gasteiger partial charge is 0.260 e. The number of carbonyl (C=O) groups excluding carboxylic acids is 2. The number of H-pyrrole nitrogens is 1. The highest BCUT2D eigenvalue weighted by Crippen LogP contribution is 2.06. The number of nitrogens with two attached hydrogens (primary N) is 1. The topological polar surface area (TPSA) is 96.3 Å². The molecule has 2 amide bonds. The number of pyridine rings is 1. The Morgan fingerprint density at radius 1 is 1.08 bits per heavy atom. The van der Waals surface area contributed by atoms with Crippen molar-refractivity contribution in [3.8, 4) is 0 Å². The van der Waals surface area contributed by atoms with Crippen LogP contribution in [0.3, 0.4) is 0 Å². The normalized spacial score (nSPS) is 10.4. The van der Waals surface area contributed by atoms with E-state index < -0.39 is 17.4 Å². The number of nitrogens with zero attached hydrogens (tertiary/aromatic N) is 1. The summed E-state index contributed by atoms with van der Waals surface area (Å²) in [5.41, 5.74) is 6.59. The van der Waals surface area contributed by atoms with Gasteiger partial charge in [-0.15, -0.1) is 0 Å². The highest BCUT2D eigenvalue weighted by molar-refractivity contribution is 5.94. The molecule has 2 rings (SSSR count). The van der Waals surface area contributed by atoms with Gasteiger partial charge in [-0.05, 0) is 31.0 Å². The molecule has 0 saturated carbocycles. The zero-order valence-electron chi connectivity index (χ0n) is 13.6. The van der Waals surface area contributed by atoms with Crippen molar-refractivity contribution in [2.75, 3.05) is 13.1 Å². The van der Waals surface area contributed by atoms with Crippen LogP contribution in [0, 0.1) is 6.92 Å². The van der Waals surface area contributed by atoms with Crippen LogP contribution < -0.4 is 11.3 Å². The van der Waals surface area contributed by atoms with Crippen LogP contribution in [-0.2, 0) is 11.2 Å². The third kappa shape index (κ3) is 4.81. The van der Waals surface area contributed by atoms with E-state index >= 15 is 0 Å². The molecule has 2 aromatic rings. The van der Waals surface area contributed by atoms with Gasteiger partial charge in [-0.3, -0.25) is 14.4 Å². The molecule has 0 bridgehead atoms. The lowest BCUT2D eigenvalue weighted by Gasteiger charge is -2.22. The summed E-state index contributed by atoms with van der Waals surface area (Å²) in [6.07, 6.45) is 0.694. The Labute approximate surface area is 140 Å². The summed E-state index contributed by atoms with van der Waals surface area (Å²) in [5.74, 6) is -0.876. The van der Waals surface area contributed by atoms with Gasteiger partial charge in [0, 0.05) is 25.2 Å². The van der Waals surface area contributed by atoms with E-state index in [0.717, 1.165) is 5.56 Å². The number of carbonyl (C=O) groups is 2. The van der Waals surface area contributed by atoms with E-state index in [1.165, 1.54) is 11.0 Å². The fourth-order valence-corrected chi connectivity index (χ4v) is 2.38. The first-order valence-corrected chi connectivity index (χ1v) is 7.79. The molecule has 0 aliphatic heterocycles. The highest BCUT2D eigenvalue weighted by Gasteiger charge is 2.19. The maximum Gasteiger partial charge on any atom is 0.260 e. The minimum atomic E-state index is -0.481. The molecular formula is C18H21N3O3. The van der Waals surface area contributed by atoms with E-state index in [2.05, 4.69) is 4.98 Å². The maximum absolute atomic E-state index is 12.7. The van der Waals surface area contributed by atoms with Crippen LogP contribution in [0.1, 0.15) is 28.0 Å². The summed E-state index contributed by atoms with van der Waals surface area (Å²) >= 11 is 0. The van der Waals surface area contributed by atoms with E-state index in [1.54, 1.807) is 13.0 Å². The molecule has 0 aliphatic carbocycles. The van der Waals surface area contributed by atoms with Crippen molar-refractivity contribution in [1.82, 2.24) is 9.88 Å². The molecule has 0 spiro atoms. The van der Waals surface area contributed by atoms with E-state index in [9.17, 15) is 14.4 Å². The number of benzene rings is 1. The first kappa shape index (κ1) is 17.5. The standard InChI is InChI=1S/C18H21N3O3/c1-13-7-8-15(17(23)20-13)18(24)21(12-10-16(19)22)11-9-14-5-3-2-4-6-14/h2-8H,9-12H2,1H3,(H2,19,22)(H,20,23). The number of primary amides is 1. The predicted molar refractivity (Wildman–Crippen MR) is 91.7 cm³/mol. The van der Waals surface area contributed by atoms with Gasteiger partial charge in [0.15, 0.2) is 0 Å². The zero-order chi connectivity index (χ0) is 17.5. The fourth-order valence-electron chi connectivity index (χ4n) is 2.38. The van der Waals surface area contributed by atoms with Crippen molar-refractivity contribution in [1.29, 1.82) is 0 Å². The molecule has 0 atom stereocenters. The Bertz CT molecular complexity index is 769. The second kappa shape index (κ2) is 8.10. The van der Waals surface area contributed by atoms with Crippen molar-refractivity contribution in [3.05, 3.63) is 69.6 Å². The van der Waals surface area contributed by atoms with E-state index in [4.69, 9.17) is 5.73 Å². The molecule has 24 heavy (non-hydrogen) atoms. The Hall–Kier alpha value is -2.89. The number of hydrogen-bond acceptors (Lipinski definition) is 3. The van der Waals surface area contributed by atoms with E-state index in [-0.39, 0.29) is 18.5 Å². The lowest BCUT2D eigenvalue weighted by Crippen LogP contribution is -2.38. The van der Waals surface area contributed by atoms with E-state index in [1.807, 2.05) is 30.3 Å². The number of aryl methyl sites for hydroxylation is 1. The first-order valence-electron chi connectivity index (χ1n) is 7.79. The second-order valence-electron chi connectivity index (χ2n) is 5.63. The number of aromatic nitrogens is 1. The van der Waals surface area contributed by atoms with Crippen molar-refractivity contribution in [3.63, 3.8) is 0 Å². The van der Waals surface area contributed by atoms with Crippen molar-refractivity contribution < 1.29 is 9.59 Å².